The van der Waals surface area contributed by atoms with Crippen molar-refractivity contribution in [3.8, 4) is 11.5 Å². The van der Waals surface area contributed by atoms with Crippen molar-refractivity contribution >= 4 is 0 Å². The molecular formula is C23H33NO2. The molecule has 0 heterocycles. The summed E-state index contributed by atoms with van der Waals surface area (Å²) >= 11 is 0. The number of nitrogens with zero attached hydrogens (tertiary/aromatic N) is 1. The highest BCUT2D eigenvalue weighted by Gasteiger charge is 2.16. The second-order valence-electron chi connectivity index (χ2n) is 6.71. The SMILES string of the molecule is CCCN(CCC)CCc1cccc(OC)c1OC(C)c1ccccc1. The lowest BCUT2D eigenvalue weighted by Gasteiger charge is -2.23. The molecule has 0 amide bonds. The summed E-state index contributed by atoms with van der Waals surface area (Å²) in [6.45, 7) is 9.91. The van der Waals surface area contributed by atoms with E-state index in [1.54, 1.807) is 7.11 Å². The van der Waals surface area contributed by atoms with Crippen molar-refractivity contribution in [3.63, 3.8) is 0 Å². The first-order valence-electron chi connectivity index (χ1n) is 9.79. The van der Waals surface area contributed by atoms with E-state index in [0.717, 1.165) is 37.6 Å². The third-order valence-electron chi connectivity index (χ3n) is 4.62. The molecule has 0 saturated carbocycles. The number of hydrogen-bond acceptors (Lipinski definition) is 3. The largest absolute Gasteiger partial charge is 0.493 e. The van der Waals surface area contributed by atoms with Gasteiger partial charge < -0.3 is 14.4 Å². The fourth-order valence-electron chi connectivity index (χ4n) is 3.27. The molecule has 0 aliphatic rings. The van der Waals surface area contributed by atoms with Crippen molar-refractivity contribution in [1.29, 1.82) is 0 Å². The van der Waals surface area contributed by atoms with Gasteiger partial charge >= 0.3 is 0 Å². The van der Waals surface area contributed by atoms with Gasteiger partial charge in [-0.05, 0) is 56.5 Å². The Labute approximate surface area is 158 Å². The van der Waals surface area contributed by atoms with E-state index in [4.69, 9.17) is 9.47 Å². The predicted octanol–water partition coefficient (Wildman–Crippen LogP) is 5.50. The molecule has 2 rings (SSSR count). The zero-order valence-corrected chi connectivity index (χ0v) is 16.7. The first-order chi connectivity index (χ1) is 12.7. The average Bonchev–Trinajstić information content (AvgIpc) is 2.67. The summed E-state index contributed by atoms with van der Waals surface area (Å²) in [7, 11) is 1.71. The fraction of sp³-hybridized carbons (Fsp3) is 0.478. The van der Waals surface area contributed by atoms with Crippen LogP contribution in [0.5, 0.6) is 11.5 Å². The van der Waals surface area contributed by atoms with Crippen LogP contribution < -0.4 is 9.47 Å². The Balaban J connectivity index is 2.16. The van der Waals surface area contributed by atoms with Gasteiger partial charge in [0.1, 0.15) is 6.10 Å². The summed E-state index contributed by atoms with van der Waals surface area (Å²) in [5.74, 6) is 1.68. The lowest BCUT2D eigenvalue weighted by molar-refractivity contribution is 0.211. The summed E-state index contributed by atoms with van der Waals surface area (Å²) in [4.78, 5) is 2.53. The standard InChI is InChI=1S/C23H33NO2/c1-5-16-24(17-6-2)18-15-21-13-10-14-22(25-4)23(21)26-19(3)20-11-8-7-9-12-20/h7-14,19H,5-6,15-18H2,1-4H3. The highest BCUT2D eigenvalue weighted by atomic mass is 16.5. The Hall–Kier alpha value is -2.00. The summed E-state index contributed by atoms with van der Waals surface area (Å²) in [6, 6.07) is 16.5. The third kappa shape index (κ3) is 5.77. The molecule has 0 N–H and O–H groups in total. The Morgan fingerprint density at radius 2 is 1.58 bits per heavy atom. The Morgan fingerprint density at radius 3 is 2.19 bits per heavy atom. The highest BCUT2D eigenvalue weighted by molar-refractivity contribution is 5.47. The normalized spacial score (nSPS) is 12.2. The quantitative estimate of drug-likeness (QED) is 0.531. The number of rotatable bonds is 11. The molecule has 0 fully saturated rings. The molecule has 2 aromatic carbocycles. The molecule has 1 atom stereocenters. The van der Waals surface area contributed by atoms with E-state index < -0.39 is 0 Å². The molecule has 0 aliphatic carbocycles. The van der Waals surface area contributed by atoms with Crippen molar-refractivity contribution in [2.24, 2.45) is 0 Å². The maximum Gasteiger partial charge on any atom is 0.165 e. The summed E-state index contributed by atoms with van der Waals surface area (Å²) in [5.41, 5.74) is 2.38. The van der Waals surface area contributed by atoms with E-state index in [0.29, 0.717) is 0 Å². The molecule has 0 radical (unpaired) electrons. The van der Waals surface area contributed by atoms with Crippen molar-refractivity contribution in [2.75, 3.05) is 26.7 Å². The van der Waals surface area contributed by atoms with Crippen LogP contribution in [-0.2, 0) is 6.42 Å². The van der Waals surface area contributed by atoms with Gasteiger partial charge in [-0.1, -0.05) is 56.3 Å². The Bertz CT molecular complexity index is 636. The molecule has 142 valence electrons. The van der Waals surface area contributed by atoms with Gasteiger partial charge in [0.25, 0.3) is 0 Å². The molecule has 2 aromatic rings. The van der Waals surface area contributed by atoms with Gasteiger partial charge in [0.2, 0.25) is 0 Å². The first-order valence-corrected chi connectivity index (χ1v) is 9.79. The van der Waals surface area contributed by atoms with Gasteiger partial charge in [0.05, 0.1) is 7.11 Å². The van der Waals surface area contributed by atoms with Crippen LogP contribution in [0.2, 0.25) is 0 Å². The molecule has 3 nitrogen and oxygen atoms in total. The van der Waals surface area contributed by atoms with Crippen LogP contribution in [0.1, 0.15) is 50.8 Å². The van der Waals surface area contributed by atoms with Crippen LogP contribution in [0.3, 0.4) is 0 Å². The highest BCUT2D eigenvalue weighted by Crippen LogP contribution is 2.35. The number of ether oxygens (including phenoxy) is 2. The number of hydrogen-bond donors (Lipinski definition) is 0. The van der Waals surface area contributed by atoms with Gasteiger partial charge in [-0.3, -0.25) is 0 Å². The van der Waals surface area contributed by atoms with E-state index in [2.05, 4.69) is 49.9 Å². The van der Waals surface area contributed by atoms with Gasteiger partial charge in [-0.25, -0.2) is 0 Å². The van der Waals surface area contributed by atoms with E-state index in [1.807, 2.05) is 24.3 Å². The smallest absolute Gasteiger partial charge is 0.165 e. The fourth-order valence-corrected chi connectivity index (χ4v) is 3.27. The predicted molar refractivity (Wildman–Crippen MR) is 109 cm³/mol. The minimum absolute atomic E-state index is 0.0198. The maximum absolute atomic E-state index is 6.36. The molecule has 0 aromatic heterocycles. The van der Waals surface area contributed by atoms with Gasteiger partial charge in [0.15, 0.2) is 11.5 Å². The van der Waals surface area contributed by atoms with E-state index >= 15 is 0 Å². The monoisotopic (exact) mass is 355 g/mol. The molecule has 0 spiro atoms. The molecule has 0 aliphatic heterocycles. The van der Waals surface area contributed by atoms with Crippen LogP contribution in [-0.4, -0.2) is 31.6 Å². The minimum Gasteiger partial charge on any atom is -0.493 e. The molecule has 0 saturated heterocycles. The Morgan fingerprint density at radius 1 is 0.885 bits per heavy atom. The molecule has 1 unspecified atom stereocenters. The number of para-hydroxylation sites is 1. The van der Waals surface area contributed by atoms with E-state index in [-0.39, 0.29) is 6.10 Å². The lowest BCUT2D eigenvalue weighted by Crippen LogP contribution is -2.27. The van der Waals surface area contributed by atoms with Gasteiger partial charge in [-0.15, -0.1) is 0 Å². The lowest BCUT2D eigenvalue weighted by atomic mass is 10.1. The van der Waals surface area contributed by atoms with Crippen LogP contribution in [0.4, 0.5) is 0 Å². The topological polar surface area (TPSA) is 21.7 Å². The average molecular weight is 356 g/mol. The van der Waals surface area contributed by atoms with Crippen LogP contribution in [0, 0.1) is 0 Å². The third-order valence-corrected chi connectivity index (χ3v) is 4.62. The van der Waals surface area contributed by atoms with Crippen LogP contribution in [0.25, 0.3) is 0 Å². The number of methoxy groups -OCH3 is 1. The second-order valence-corrected chi connectivity index (χ2v) is 6.71. The van der Waals surface area contributed by atoms with Crippen molar-refractivity contribution in [1.82, 2.24) is 4.90 Å². The maximum atomic E-state index is 6.36. The van der Waals surface area contributed by atoms with Crippen molar-refractivity contribution < 1.29 is 9.47 Å². The molecular weight excluding hydrogens is 322 g/mol. The van der Waals surface area contributed by atoms with Crippen LogP contribution >= 0.6 is 0 Å². The van der Waals surface area contributed by atoms with Crippen molar-refractivity contribution in [2.45, 2.75) is 46.1 Å². The van der Waals surface area contributed by atoms with Crippen molar-refractivity contribution in [3.05, 3.63) is 59.7 Å². The summed E-state index contributed by atoms with van der Waals surface area (Å²) in [6.07, 6.45) is 3.32. The zero-order chi connectivity index (χ0) is 18.8. The minimum atomic E-state index is -0.0198. The number of benzene rings is 2. The second kappa shape index (κ2) is 10.9. The van der Waals surface area contributed by atoms with Gasteiger partial charge in [0, 0.05) is 6.54 Å². The molecule has 0 bridgehead atoms. The Kier molecular flexibility index (Phi) is 8.49. The van der Waals surface area contributed by atoms with Crippen LogP contribution in [0.15, 0.2) is 48.5 Å². The van der Waals surface area contributed by atoms with E-state index in [9.17, 15) is 0 Å². The zero-order valence-electron chi connectivity index (χ0n) is 16.7. The molecule has 3 heteroatoms. The summed E-state index contributed by atoms with van der Waals surface area (Å²) in [5, 5.41) is 0. The van der Waals surface area contributed by atoms with E-state index in [1.165, 1.54) is 24.0 Å². The summed E-state index contributed by atoms with van der Waals surface area (Å²) < 4.78 is 11.9. The van der Waals surface area contributed by atoms with Gasteiger partial charge in [-0.2, -0.15) is 0 Å². The molecule has 26 heavy (non-hydrogen) atoms. The first kappa shape index (κ1) is 20.3.